The maximum atomic E-state index is 13.0. The van der Waals surface area contributed by atoms with Crippen molar-refractivity contribution in [2.24, 2.45) is 0 Å². The van der Waals surface area contributed by atoms with Gasteiger partial charge in [-0.25, -0.2) is 19.9 Å². The lowest BCUT2D eigenvalue weighted by molar-refractivity contribution is -0.0477. The molecule has 3 fully saturated rings. The second kappa shape index (κ2) is 10.5. The van der Waals surface area contributed by atoms with Gasteiger partial charge in [-0.15, -0.1) is 0 Å². The van der Waals surface area contributed by atoms with Crippen LogP contribution in [0.25, 0.3) is 22.3 Å². The van der Waals surface area contributed by atoms with E-state index in [2.05, 4.69) is 34.6 Å². The SMILES string of the molecule is Nc1nc2c(ncn2[C@@H]2O[C@@H]3CNS(=O)(=O)O[C@H]4C[C@H](n5cnc6c(N)ncnc65)O[C@@H]4COP(O)(=S)O[C@@H]2C3)c(=O)[nH]1. The molecule has 23 heteroatoms. The molecule has 0 spiro atoms. The number of hydrogen-bond donors (Lipinski definition) is 5. The fraction of sp³-hybridized carbons (Fsp3) is 0.500. The summed E-state index contributed by atoms with van der Waals surface area (Å²) in [7, 11) is -4.34. The van der Waals surface area contributed by atoms with Gasteiger partial charge in [0.15, 0.2) is 28.9 Å². The quantitative estimate of drug-likeness (QED) is 0.154. The Kier molecular flexibility index (Phi) is 6.96. The van der Waals surface area contributed by atoms with Gasteiger partial charge in [-0.1, -0.05) is 0 Å². The Balaban J connectivity index is 1.17. The summed E-state index contributed by atoms with van der Waals surface area (Å²) >= 11 is 5.31. The van der Waals surface area contributed by atoms with Crippen LogP contribution >= 0.6 is 6.72 Å². The molecule has 230 valence electrons. The Labute approximate surface area is 246 Å². The second-order valence-electron chi connectivity index (χ2n) is 9.95. The lowest BCUT2D eigenvalue weighted by Gasteiger charge is -2.26. The molecule has 0 saturated carbocycles. The maximum absolute atomic E-state index is 13.0. The van der Waals surface area contributed by atoms with E-state index in [1.807, 2.05) is 0 Å². The van der Waals surface area contributed by atoms with E-state index in [1.54, 1.807) is 4.57 Å². The van der Waals surface area contributed by atoms with Gasteiger partial charge in [-0.05, 0) is 11.8 Å². The lowest BCUT2D eigenvalue weighted by Crippen LogP contribution is -2.38. The fourth-order valence-electron chi connectivity index (χ4n) is 5.28. The number of anilines is 2. The number of aromatic amines is 1. The fourth-order valence-corrected chi connectivity index (χ4v) is 7.71. The summed E-state index contributed by atoms with van der Waals surface area (Å²) in [4.78, 5) is 46.2. The van der Waals surface area contributed by atoms with E-state index in [-0.39, 0.29) is 48.9 Å². The first kappa shape index (κ1) is 28.6. The minimum Gasteiger partial charge on any atom is -0.382 e. The zero-order valence-corrected chi connectivity index (χ0v) is 24.3. The summed E-state index contributed by atoms with van der Waals surface area (Å²) in [6.07, 6.45) is -1.45. The van der Waals surface area contributed by atoms with Gasteiger partial charge in [0, 0.05) is 19.4 Å². The third-order valence-electron chi connectivity index (χ3n) is 7.16. The van der Waals surface area contributed by atoms with Crippen LogP contribution in [-0.4, -0.2) is 89.9 Å². The highest BCUT2D eigenvalue weighted by Gasteiger charge is 2.45. The van der Waals surface area contributed by atoms with Crippen LogP contribution < -0.4 is 21.7 Å². The first-order valence-electron chi connectivity index (χ1n) is 12.8. The molecule has 43 heavy (non-hydrogen) atoms. The molecule has 7 heterocycles. The Hall–Kier alpha value is -3.18. The van der Waals surface area contributed by atoms with Crippen molar-refractivity contribution in [2.75, 3.05) is 24.6 Å². The molecule has 0 aliphatic carbocycles. The predicted molar refractivity (Wildman–Crippen MR) is 148 cm³/mol. The van der Waals surface area contributed by atoms with E-state index < -0.39 is 59.5 Å². The standard InChI is InChI=1S/C20H24N11O9PS2/c21-15-13-16(24-5-23-15)30(6-25-13)12-2-9-11(38-12)4-36-41(33,42)39-10-1-8(3-27-43(34,35)40-9)37-19(10)31-7-26-14-17(31)28-20(22)29-18(14)32/h5-12,19,27H,1-4H2,(H,33,42)(H2,21,23,24)(H3,22,28,29,32)/t8-,9-,10+,11+,12+,19+,41?/m0/s1. The number of aromatic nitrogens is 8. The number of H-pyrrole nitrogens is 1. The molecule has 1 unspecified atom stereocenters. The van der Waals surface area contributed by atoms with Gasteiger partial charge in [0.05, 0.1) is 25.4 Å². The summed E-state index contributed by atoms with van der Waals surface area (Å²) in [5, 5.41) is 0. The third-order valence-corrected chi connectivity index (χ3v) is 9.76. The van der Waals surface area contributed by atoms with Crippen molar-refractivity contribution in [3.63, 3.8) is 0 Å². The number of nitrogen functional groups attached to an aromatic ring is 2. The smallest absolute Gasteiger partial charge is 0.336 e. The van der Waals surface area contributed by atoms with Crippen molar-refractivity contribution in [1.29, 1.82) is 0 Å². The van der Waals surface area contributed by atoms with Crippen LogP contribution in [0.5, 0.6) is 0 Å². The number of nitrogens with two attached hydrogens (primary N) is 2. The first-order chi connectivity index (χ1) is 20.5. The van der Waals surface area contributed by atoms with E-state index >= 15 is 0 Å². The van der Waals surface area contributed by atoms with Gasteiger partial charge in [-0.3, -0.25) is 23.1 Å². The maximum Gasteiger partial charge on any atom is 0.336 e. The highest BCUT2D eigenvalue weighted by Crippen LogP contribution is 2.50. The van der Waals surface area contributed by atoms with E-state index in [9.17, 15) is 18.1 Å². The van der Waals surface area contributed by atoms with Crippen LogP contribution in [0.4, 0.5) is 11.8 Å². The number of ether oxygens (including phenoxy) is 2. The second-order valence-corrected chi connectivity index (χ2v) is 14.1. The van der Waals surface area contributed by atoms with Crippen LogP contribution in [-0.2, 0) is 44.8 Å². The normalized spacial score (nSPS) is 33.1. The number of rotatable bonds is 2. The molecule has 3 saturated heterocycles. The molecule has 7 rings (SSSR count). The lowest BCUT2D eigenvalue weighted by atomic mass is 10.2. The van der Waals surface area contributed by atoms with Crippen LogP contribution in [0.2, 0.25) is 0 Å². The Morgan fingerprint density at radius 3 is 2.65 bits per heavy atom. The van der Waals surface area contributed by atoms with Gasteiger partial charge in [-0.2, -0.15) is 18.1 Å². The Bertz CT molecular complexity index is 1930. The Morgan fingerprint density at radius 1 is 1.02 bits per heavy atom. The van der Waals surface area contributed by atoms with Crippen LogP contribution in [0.15, 0.2) is 23.8 Å². The van der Waals surface area contributed by atoms with Gasteiger partial charge in [0.1, 0.15) is 36.4 Å². The number of nitrogens with zero attached hydrogens (tertiary/aromatic N) is 7. The molecule has 20 nitrogen and oxygen atoms in total. The van der Waals surface area contributed by atoms with Crippen LogP contribution in [0, 0.1) is 0 Å². The largest absolute Gasteiger partial charge is 0.382 e. The van der Waals surface area contributed by atoms with Crippen molar-refractivity contribution in [3.05, 3.63) is 29.3 Å². The minimum absolute atomic E-state index is 0.0120. The van der Waals surface area contributed by atoms with Crippen molar-refractivity contribution >= 4 is 62.9 Å². The summed E-state index contributed by atoms with van der Waals surface area (Å²) in [6, 6.07) is 0. The molecule has 4 aromatic rings. The van der Waals surface area contributed by atoms with Gasteiger partial charge >= 0.3 is 17.0 Å². The molecule has 0 amide bonds. The molecule has 7 N–H and O–H groups in total. The highest BCUT2D eigenvalue weighted by molar-refractivity contribution is 8.07. The first-order valence-corrected chi connectivity index (χ1v) is 16.8. The minimum atomic E-state index is -4.34. The molecular formula is C20H24N11O9PS2. The van der Waals surface area contributed by atoms with Gasteiger partial charge in [0.25, 0.3) is 5.56 Å². The Morgan fingerprint density at radius 2 is 1.81 bits per heavy atom. The molecular weight excluding hydrogens is 633 g/mol. The number of nitrogens with one attached hydrogen (secondary N) is 2. The van der Waals surface area contributed by atoms with Crippen LogP contribution in [0.3, 0.4) is 0 Å². The van der Waals surface area contributed by atoms with Gasteiger partial charge < -0.3 is 34.9 Å². The van der Waals surface area contributed by atoms with Crippen LogP contribution in [0.1, 0.15) is 25.3 Å². The molecule has 7 atom stereocenters. The predicted octanol–water partition coefficient (Wildman–Crippen LogP) is -1.45. The molecule has 3 aliphatic heterocycles. The van der Waals surface area contributed by atoms with Crippen molar-refractivity contribution in [1.82, 2.24) is 43.8 Å². The van der Waals surface area contributed by atoms with E-state index in [1.165, 1.54) is 23.5 Å². The molecule has 0 aromatic carbocycles. The molecule has 3 aliphatic rings. The number of fused-ring (bicyclic) bond motifs is 5. The topological polar surface area (TPSA) is 272 Å². The summed E-state index contributed by atoms with van der Waals surface area (Å²) in [5.74, 6) is 0.0108. The average Bonchev–Trinajstić information content (AvgIpc) is 3.71. The van der Waals surface area contributed by atoms with E-state index in [4.69, 9.17) is 46.0 Å². The van der Waals surface area contributed by atoms with Crippen molar-refractivity contribution in [2.45, 2.75) is 49.7 Å². The van der Waals surface area contributed by atoms with Gasteiger partial charge in [0.2, 0.25) is 5.95 Å². The molecule has 0 radical (unpaired) electrons. The zero-order valence-electron chi connectivity index (χ0n) is 21.8. The zero-order chi connectivity index (χ0) is 30.1. The number of hydrogen-bond acceptors (Lipinski definition) is 16. The number of imidazole rings is 2. The summed E-state index contributed by atoms with van der Waals surface area (Å²) in [6.45, 7) is -4.58. The monoisotopic (exact) mass is 657 g/mol. The summed E-state index contributed by atoms with van der Waals surface area (Å²) in [5.41, 5.74) is 11.8. The summed E-state index contributed by atoms with van der Waals surface area (Å²) < 4.78 is 60.5. The average molecular weight is 658 g/mol. The van der Waals surface area contributed by atoms with Crippen molar-refractivity contribution < 1.29 is 36.0 Å². The molecule has 4 aromatic heterocycles. The highest BCUT2D eigenvalue weighted by atomic mass is 32.5. The third kappa shape index (κ3) is 5.39. The molecule has 2 bridgehead atoms. The van der Waals surface area contributed by atoms with Crippen molar-refractivity contribution in [3.8, 4) is 0 Å². The van der Waals surface area contributed by atoms with E-state index in [0.29, 0.717) is 11.2 Å². The van der Waals surface area contributed by atoms with E-state index in [0.717, 1.165) is 0 Å².